The average molecular weight is 346 g/mol. The molecule has 138 valence electrons. The van der Waals surface area contributed by atoms with Gasteiger partial charge in [-0.05, 0) is 48.9 Å². The molecule has 4 heteroatoms. The Morgan fingerprint density at radius 1 is 1.16 bits per heavy atom. The Morgan fingerprint density at radius 3 is 2.64 bits per heavy atom. The number of aliphatic hydroxyl groups excluding tert-OH is 2. The molecular weight excluding hydrogens is 316 g/mol. The van der Waals surface area contributed by atoms with E-state index < -0.39 is 12.2 Å². The first kappa shape index (κ1) is 17.3. The van der Waals surface area contributed by atoms with Gasteiger partial charge in [0.2, 0.25) is 0 Å². The van der Waals surface area contributed by atoms with Crippen molar-refractivity contribution in [3.05, 3.63) is 24.3 Å². The molecule has 0 bridgehead atoms. The van der Waals surface area contributed by atoms with E-state index in [0.717, 1.165) is 25.7 Å². The highest BCUT2D eigenvalue weighted by Gasteiger charge is 2.61. The average Bonchev–Trinajstić information content (AvgIpc) is 2.84. The Labute approximate surface area is 149 Å². The van der Waals surface area contributed by atoms with Gasteiger partial charge >= 0.3 is 5.97 Å². The predicted octanol–water partition coefficient (Wildman–Crippen LogP) is 2.84. The molecule has 0 aromatic rings. The van der Waals surface area contributed by atoms with Gasteiger partial charge in [-0.2, -0.15) is 0 Å². The highest BCUT2D eigenvalue weighted by molar-refractivity contribution is 5.66. The topological polar surface area (TPSA) is 66.8 Å². The van der Waals surface area contributed by atoms with Gasteiger partial charge in [-0.25, -0.2) is 0 Å². The second-order valence-corrected chi connectivity index (χ2v) is 9.19. The number of allylic oxidation sites excluding steroid dienone is 2. The molecule has 0 spiro atoms. The van der Waals surface area contributed by atoms with Crippen LogP contribution >= 0.6 is 0 Å². The summed E-state index contributed by atoms with van der Waals surface area (Å²) in [5.41, 5.74) is -0.121. The molecule has 2 N–H and O–H groups in total. The third kappa shape index (κ3) is 2.44. The fraction of sp³-hybridized carbons (Fsp3) is 0.762. The van der Waals surface area contributed by atoms with Crippen LogP contribution < -0.4 is 0 Å². The lowest BCUT2D eigenvalue weighted by molar-refractivity contribution is -0.178. The van der Waals surface area contributed by atoms with Crippen LogP contribution in [-0.2, 0) is 9.53 Å². The summed E-state index contributed by atoms with van der Waals surface area (Å²) in [6.07, 6.45) is 10.9. The van der Waals surface area contributed by atoms with E-state index in [1.807, 2.05) is 12.2 Å². The summed E-state index contributed by atoms with van der Waals surface area (Å²) in [6, 6.07) is 0. The van der Waals surface area contributed by atoms with E-state index in [-0.39, 0.29) is 34.7 Å². The fourth-order valence-corrected chi connectivity index (χ4v) is 6.50. The number of aliphatic hydroxyl groups is 2. The van der Waals surface area contributed by atoms with E-state index >= 15 is 0 Å². The molecule has 0 radical (unpaired) electrons. The number of hydrogen-bond donors (Lipinski definition) is 2. The smallest absolute Gasteiger partial charge is 0.302 e. The number of fused-ring (bicyclic) bond motifs is 5. The lowest BCUT2D eigenvalue weighted by atomic mass is 9.45. The number of esters is 1. The SMILES string of the molecule is CC(=O)O[C@H]1CC2C[C@@H](O)C=C[C@]2(C)[C@H]2CC[C@]3(C)[C@@H](O)C=C[C@H]3[C@H]12. The number of hydrogen-bond acceptors (Lipinski definition) is 4. The molecule has 0 aromatic carbocycles. The van der Waals surface area contributed by atoms with Crippen LogP contribution in [0.5, 0.6) is 0 Å². The molecule has 0 aromatic heterocycles. The predicted molar refractivity (Wildman–Crippen MR) is 94.5 cm³/mol. The molecule has 0 saturated heterocycles. The molecule has 4 rings (SSSR count). The Hall–Kier alpha value is -1.13. The standard InChI is InChI=1S/C21H30O4/c1-12(22)25-17-11-13-10-14(23)6-8-20(13,2)16-7-9-21(3)15(19(16)17)4-5-18(21)24/h4-6,8,13-19,23-24H,7,9-11H2,1-3H3/t13?,14-,15-,16-,17-,18-,19-,20-,21-/m0/s1. The van der Waals surface area contributed by atoms with Gasteiger partial charge in [-0.15, -0.1) is 0 Å². The first-order valence-corrected chi connectivity index (χ1v) is 9.67. The van der Waals surface area contributed by atoms with Crippen molar-refractivity contribution in [1.29, 1.82) is 0 Å². The molecule has 0 aliphatic heterocycles. The molecule has 1 unspecified atom stereocenters. The van der Waals surface area contributed by atoms with Gasteiger partial charge in [0, 0.05) is 18.3 Å². The summed E-state index contributed by atoms with van der Waals surface area (Å²) >= 11 is 0. The summed E-state index contributed by atoms with van der Waals surface area (Å²) in [7, 11) is 0. The van der Waals surface area contributed by atoms with Gasteiger partial charge in [-0.1, -0.05) is 38.2 Å². The summed E-state index contributed by atoms with van der Waals surface area (Å²) < 4.78 is 5.82. The minimum Gasteiger partial charge on any atom is -0.462 e. The highest BCUT2D eigenvalue weighted by atomic mass is 16.5. The van der Waals surface area contributed by atoms with Crippen molar-refractivity contribution in [2.45, 2.75) is 64.8 Å². The Balaban J connectivity index is 1.75. The van der Waals surface area contributed by atoms with Crippen LogP contribution in [0.25, 0.3) is 0 Å². The lowest BCUT2D eigenvalue weighted by Gasteiger charge is -2.60. The zero-order chi connectivity index (χ0) is 18.0. The van der Waals surface area contributed by atoms with Crippen LogP contribution in [0.2, 0.25) is 0 Å². The molecule has 4 aliphatic rings. The number of carbonyl (C=O) groups excluding carboxylic acids is 1. The molecule has 25 heavy (non-hydrogen) atoms. The quantitative estimate of drug-likeness (QED) is 0.566. The van der Waals surface area contributed by atoms with Crippen LogP contribution in [0.15, 0.2) is 24.3 Å². The van der Waals surface area contributed by atoms with E-state index in [1.54, 1.807) is 0 Å². The van der Waals surface area contributed by atoms with Crippen LogP contribution in [0.1, 0.15) is 46.5 Å². The third-order valence-electron chi connectivity index (χ3n) is 7.96. The zero-order valence-electron chi connectivity index (χ0n) is 15.4. The molecule has 0 amide bonds. The van der Waals surface area contributed by atoms with Crippen LogP contribution in [0.3, 0.4) is 0 Å². The van der Waals surface area contributed by atoms with Crippen LogP contribution in [-0.4, -0.2) is 34.5 Å². The molecule has 0 heterocycles. The maximum atomic E-state index is 11.8. The lowest BCUT2D eigenvalue weighted by Crippen LogP contribution is -2.58. The van der Waals surface area contributed by atoms with Crippen molar-refractivity contribution in [3.8, 4) is 0 Å². The summed E-state index contributed by atoms with van der Waals surface area (Å²) in [5, 5.41) is 20.6. The van der Waals surface area contributed by atoms with Gasteiger partial charge < -0.3 is 14.9 Å². The molecule has 4 aliphatic carbocycles. The van der Waals surface area contributed by atoms with Gasteiger partial charge in [0.25, 0.3) is 0 Å². The highest BCUT2D eigenvalue weighted by Crippen LogP contribution is 2.64. The minimum atomic E-state index is -0.411. The summed E-state index contributed by atoms with van der Waals surface area (Å²) in [4.78, 5) is 11.8. The minimum absolute atomic E-state index is 0.0310. The van der Waals surface area contributed by atoms with Crippen molar-refractivity contribution in [2.75, 3.05) is 0 Å². The van der Waals surface area contributed by atoms with E-state index in [2.05, 4.69) is 26.0 Å². The maximum Gasteiger partial charge on any atom is 0.302 e. The maximum absolute atomic E-state index is 11.8. The zero-order valence-corrected chi connectivity index (χ0v) is 15.4. The van der Waals surface area contributed by atoms with E-state index in [1.165, 1.54) is 6.92 Å². The Bertz CT molecular complexity index is 625. The summed E-state index contributed by atoms with van der Waals surface area (Å²) in [6.45, 7) is 5.98. The molecule has 2 saturated carbocycles. The van der Waals surface area contributed by atoms with E-state index in [9.17, 15) is 15.0 Å². The number of ether oxygens (including phenoxy) is 1. The van der Waals surface area contributed by atoms with Gasteiger partial charge in [0.05, 0.1) is 12.2 Å². The van der Waals surface area contributed by atoms with Crippen molar-refractivity contribution < 1.29 is 19.7 Å². The van der Waals surface area contributed by atoms with Crippen LogP contribution in [0, 0.1) is 34.5 Å². The molecule has 2 fully saturated rings. The number of carbonyl (C=O) groups is 1. The first-order valence-electron chi connectivity index (χ1n) is 9.67. The second kappa shape index (κ2) is 5.68. The monoisotopic (exact) mass is 346 g/mol. The molecule has 4 nitrogen and oxygen atoms in total. The summed E-state index contributed by atoms with van der Waals surface area (Å²) in [5.74, 6) is 0.986. The third-order valence-corrected chi connectivity index (χ3v) is 7.96. The second-order valence-electron chi connectivity index (χ2n) is 9.19. The van der Waals surface area contributed by atoms with Crippen molar-refractivity contribution >= 4 is 5.97 Å². The largest absolute Gasteiger partial charge is 0.462 e. The van der Waals surface area contributed by atoms with Crippen molar-refractivity contribution in [1.82, 2.24) is 0 Å². The Kier molecular flexibility index (Phi) is 3.93. The van der Waals surface area contributed by atoms with E-state index in [0.29, 0.717) is 11.8 Å². The first-order chi connectivity index (χ1) is 11.8. The van der Waals surface area contributed by atoms with Crippen LogP contribution in [0.4, 0.5) is 0 Å². The fourth-order valence-electron chi connectivity index (χ4n) is 6.50. The number of rotatable bonds is 1. The van der Waals surface area contributed by atoms with Crippen molar-refractivity contribution in [2.24, 2.45) is 34.5 Å². The molecular formula is C21H30O4. The van der Waals surface area contributed by atoms with Gasteiger partial charge in [0.15, 0.2) is 0 Å². The normalized spacial score (nSPS) is 53.7. The van der Waals surface area contributed by atoms with Crippen molar-refractivity contribution in [3.63, 3.8) is 0 Å². The van der Waals surface area contributed by atoms with E-state index in [4.69, 9.17) is 4.74 Å². The van der Waals surface area contributed by atoms with Gasteiger partial charge in [-0.3, -0.25) is 4.79 Å². The Morgan fingerprint density at radius 2 is 1.92 bits per heavy atom. The molecule has 9 atom stereocenters. The van der Waals surface area contributed by atoms with Gasteiger partial charge in [0.1, 0.15) is 6.10 Å².